The van der Waals surface area contributed by atoms with Crippen molar-refractivity contribution in [2.45, 2.75) is 12.8 Å². The maximum Gasteiger partial charge on any atom is 0.340 e. The molecular formula is C12H15ClN2O3. The topological polar surface area (TPSA) is 81.4 Å². The number of ether oxygens (including phenoxy) is 1. The van der Waals surface area contributed by atoms with E-state index in [0.717, 1.165) is 0 Å². The average molecular weight is 271 g/mol. The maximum absolute atomic E-state index is 11.6. The summed E-state index contributed by atoms with van der Waals surface area (Å²) in [5.41, 5.74) is 5.93. The molecule has 6 heteroatoms. The Bertz CT molecular complexity index is 449. The van der Waals surface area contributed by atoms with Crippen molar-refractivity contribution in [1.82, 2.24) is 0 Å². The summed E-state index contributed by atoms with van der Waals surface area (Å²) in [5.74, 6) is -0.750. The van der Waals surface area contributed by atoms with Gasteiger partial charge in [-0.05, 0) is 31.2 Å². The van der Waals surface area contributed by atoms with E-state index in [1.165, 1.54) is 13.2 Å². The summed E-state index contributed by atoms with van der Waals surface area (Å²) in [5, 5.41) is 3.03. The van der Waals surface area contributed by atoms with Crippen LogP contribution in [0, 0.1) is 0 Å². The molecule has 1 amide bonds. The fraction of sp³-hybridized carbons (Fsp3) is 0.333. The molecule has 0 saturated heterocycles. The predicted octanol–water partition coefficient (Wildman–Crippen LogP) is 1.80. The Labute approximate surface area is 110 Å². The van der Waals surface area contributed by atoms with Gasteiger partial charge >= 0.3 is 5.97 Å². The molecule has 0 aliphatic heterocycles. The normalized spacial score (nSPS) is 9.94. The maximum atomic E-state index is 11.6. The smallest absolute Gasteiger partial charge is 0.340 e. The first-order valence-electron chi connectivity index (χ1n) is 5.46. The highest BCUT2D eigenvalue weighted by atomic mass is 35.5. The Morgan fingerprint density at radius 1 is 1.44 bits per heavy atom. The van der Waals surface area contributed by atoms with Crippen molar-refractivity contribution in [2.24, 2.45) is 5.73 Å². The summed E-state index contributed by atoms with van der Waals surface area (Å²) in [4.78, 5) is 23.1. The second-order valence-corrected chi connectivity index (χ2v) is 4.06. The third-order valence-corrected chi connectivity index (χ3v) is 2.50. The standard InChI is InChI=1S/C12H15ClN2O3/c1-18-12(17)9-7-8(13)4-5-10(9)15-11(16)3-2-6-14/h4-5,7H,2-3,6,14H2,1H3,(H,15,16). The molecule has 1 rings (SSSR count). The number of carbonyl (C=O) groups excluding carboxylic acids is 2. The summed E-state index contributed by atoms with van der Waals surface area (Å²) < 4.78 is 4.63. The molecular weight excluding hydrogens is 256 g/mol. The first-order valence-corrected chi connectivity index (χ1v) is 5.84. The lowest BCUT2D eigenvalue weighted by Gasteiger charge is -2.10. The highest BCUT2D eigenvalue weighted by Gasteiger charge is 2.14. The monoisotopic (exact) mass is 270 g/mol. The minimum atomic E-state index is -0.549. The fourth-order valence-electron chi connectivity index (χ4n) is 1.38. The van der Waals surface area contributed by atoms with Crippen LogP contribution in [0.2, 0.25) is 5.02 Å². The van der Waals surface area contributed by atoms with Gasteiger partial charge in [0.15, 0.2) is 0 Å². The largest absolute Gasteiger partial charge is 0.465 e. The van der Waals surface area contributed by atoms with Crippen molar-refractivity contribution in [2.75, 3.05) is 19.0 Å². The van der Waals surface area contributed by atoms with Gasteiger partial charge in [0, 0.05) is 11.4 Å². The number of benzene rings is 1. The number of carbonyl (C=O) groups is 2. The van der Waals surface area contributed by atoms with Gasteiger partial charge in [0.1, 0.15) is 0 Å². The minimum absolute atomic E-state index is 0.201. The van der Waals surface area contributed by atoms with E-state index >= 15 is 0 Å². The summed E-state index contributed by atoms with van der Waals surface area (Å²) in [7, 11) is 1.27. The number of methoxy groups -OCH3 is 1. The molecule has 0 bridgehead atoms. The molecule has 0 aromatic heterocycles. The van der Waals surface area contributed by atoms with E-state index in [1.807, 2.05) is 0 Å². The minimum Gasteiger partial charge on any atom is -0.465 e. The Morgan fingerprint density at radius 2 is 2.17 bits per heavy atom. The zero-order chi connectivity index (χ0) is 13.5. The molecule has 0 saturated carbocycles. The Balaban J connectivity index is 2.87. The van der Waals surface area contributed by atoms with Crippen molar-refractivity contribution in [1.29, 1.82) is 0 Å². The SMILES string of the molecule is COC(=O)c1cc(Cl)ccc1NC(=O)CCCN. The molecule has 3 N–H and O–H groups in total. The van der Waals surface area contributed by atoms with Crippen molar-refractivity contribution in [3.8, 4) is 0 Å². The number of anilines is 1. The molecule has 0 unspecified atom stereocenters. The van der Waals surface area contributed by atoms with Crippen LogP contribution in [0.3, 0.4) is 0 Å². The molecule has 0 aliphatic carbocycles. The van der Waals surface area contributed by atoms with Crippen molar-refractivity contribution in [3.63, 3.8) is 0 Å². The summed E-state index contributed by atoms with van der Waals surface area (Å²) in [6.07, 6.45) is 0.896. The van der Waals surface area contributed by atoms with E-state index in [9.17, 15) is 9.59 Å². The van der Waals surface area contributed by atoms with Crippen LogP contribution in [0.4, 0.5) is 5.69 Å². The molecule has 0 fully saturated rings. The number of hydrogen-bond donors (Lipinski definition) is 2. The van der Waals surface area contributed by atoms with Crippen LogP contribution in [-0.2, 0) is 9.53 Å². The molecule has 0 heterocycles. The molecule has 18 heavy (non-hydrogen) atoms. The lowest BCUT2D eigenvalue weighted by Crippen LogP contribution is -2.16. The van der Waals surface area contributed by atoms with E-state index in [2.05, 4.69) is 10.1 Å². The summed E-state index contributed by atoms with van der Waals surface area (Å²) in [6.45, 7) is 0.442. The fourth-order valence-corrected chi connectivity index (χ4v) is 1.55. The first kappa shape index (κ1) is 14.5. The van der Waals surface area contributed by atoms with Gasteiger partial charge in [-0.25, -0.2) is 4.79 Å². The zero-order valence-electron chi connectivity index (χ0n) is 10.0. The van der Waals surface area contributed by atoms with Gasteiger partial charge in [-0.15, -0.1) is 0 Å². The third-order valence-electron chi connectivity index (χ3n) is 2.27. The quantitative estimate of drug-likeness (QED) is 0.800. The second-order valence-electron chi connectivity index (χ2n) is 3.62. The van der Waals surface area contributed by atoms with Gasteiger partial charge in [-0.1, -0.05) is 11.6 Å². The Morgan fingerprint density at radius 3 is 2.78 bits per heavy atom. The highest BCUT2D eigenvalue weighted by molar-refractivity contribution is 6.31. The number of nitrogens with one attached hydrogen (secondary N) is 1. The summed E-state index contributed by atoms with van der Waals surface area (Å²) in [6, 6.07) is 4.60. The first-order chi connectivity index (χ1) is 8.58. The Kier molecular flexibility index (Phi) is 5.61. The van der Waals surface area contributed by atoms with Crippen LogP contribution in [0.25, 0.3) is 0 Å². The number of nitrogens with two attached hydrogens (primary N) is 1. The predicted molar refractivity (Wildman–Crippen MR) is 69.7 cm³/mol. The molecule has 5 nitrogen and oxygen atoms in total. The lowest BCUT2D eigenvalue weighted by molar-refractivity contribution is -0.116. The zero-order valence-corrected chi connectivity index (χ0v) is 10.8. The summed E-state index contributed by atoms with van der Waals surface area (Å²) >= 11 is 5.80. The van der Waals surface area contributed by atoms with Gasteiger partial charge in [0.25, 0.3) is 0 Å². The number of esters is 1. The van der Waals surface area contributed by atoms with E-state index in [1.54, 1.807) is 12.1 Å². The van der Waals surface area contributed by atoms with Crippen LogP contribution < -0.4 is 11.1 Å². The average Bonchev–Trinajstić information content (AvgIpc) is 2.37. The van der Waals surface area contributed by atoms with Gasteiger partial charge in [-0.3, -0.25) is 4.79 Å². The van der Waals surface area contributed by atoms with Crippen LogP contribution in [-0.4, -0.2) is 25.5 Å². The number of rotatable bonds is 5. The van der Waals surface area contributed by atoms with E-state index in [4.69, 9.17) is 17.3 Å². The molecule has 0 radical (unpaired) electrons. The van der Waals surface area contributed by atoms with Crippen LogP contribution >= 0.6 is 11.6 Å². The second kappa shape index (κ2) is 6.98. The molecule has 98 valence electrons. The third kappa shape index (κ3) is 4.01. The van der Waals surface area contributed by atoms with Gasteiger partial charge in [0.2, 0.25) is 5.91 Å². The van der Waals surface area contributed by atoms with Crippen LogP contribution in [0.15, 0.2) is 18.2 Å². The molecule has 0 aliphatic rings. The molecule has 1 aromatic rings. The van der Waals surface area contributed by atoms with Gasteiger partial charge in [0.05, 0.1) is 18.4 Å². The number of amides is 1. The molecule has 1 aromatic carbocycles. The van der Waals surface area contributed by atoms with Crippen LogP contribution in [0.1, 0.15) is 23.2 Å². The van der Waals surface area contributed by atoms with Gasteiger partial charge < -0.3 is 15.8 Å². The Hall–Kier alpha value is -1.59. The van der Waals surface area contributed by atoms with E-state index in [-0.39, 0.29) is 11.5 Å². The number of hydrogen-bond acceptors (Lipinski definition) is 4. The van der Waals surface area contributed by atoms with Crippen molar-refractivity contribution >= 4 is 29.2 Å². The molecule has 0 spiro atoms. The number of halogens is 1. The van der Waals surface area contributed by atoms with Gasteiger partial charge in [-0.2, -0.15) is 0 Å². The lowest BCUT2D eigenvalue weighted by atomic mass is 10.1. The van der Waals surface area contributed by atoms with Crippen molar-refractivity contribution < 1.29 is 14.3 Å². The molecule has 0 atom stereocenters. The van der Waals surface area contributed by atoms with E-state index < -0.39 is 5.97 Å². The highest BCUT2D eigenvalue weighted by Crippen LogP contribution is 2.21. The van der Waals surface area contributed by atoms with Crippen LogP contribution in [0.5, 0.6) is 0 Å². The van der Waals surface area contributed by atoms with Crippen molar-refractivity contribution in [3.05, 3.63) is 28.8 Å². The van der Waals surface area contributed by atoms with E-state index in [0.29, 0.717) is 30.1 Å².